The standard InChI is InChI=1S/C21H21BrN2O2S/c1-15-3-9-19(10-4-15)26-13-20-23-18(14-27-20)11-21(25)24(2)12-16-5-7-17(22)8-6-16/h3-10,14H,11-13H2,1-2H3. The van der Waals surface area contributed by atoms with Crippen molar-refractivity contribution in [2.75, 3.05) is 7.05 Å². The summed E-state index contributed by atoms with van der Waals surface area (Å²) in [6.45, 7) is 3.04. The van der Waals surface area contributed by atoms with Gasteiger partial charge < -0.3 is 9.64 Å². The number of amides is 1. The molecule has 0 aliphatic rings. The molecule has 0 atom stereocenters. The van der Waals surface area contributed by atoms with Gasteiger partial charge in [-0.2, -0.15) is 0 Å². The lowest BCUT2D eigenvalue weighted by Crippen LogP contribution is -2.27. The van der Waals surface area contributed by atoms with E-state index in [2.05, 4.69) is 20.9 Å². The monoisotopic (exact) mass is 444 g/mol. The van der Waals surface area contributed by atoms with Crippen LogP contribution in [0.2, 0.25) is 0 Å². The van der Waals surface area contributed by atoms with Crippen molar-refractivity contribution < 1.29 is 9.53 Å². The van der Waals surface area contributed by atoms with Crippen molar-refractivity contribution in [3.05, 3.63) is 80.2 Å². The number of halogens is 1. The highest BCUT2D eigenvalue weighted by molar-refractivity contribution is 9.10. The Morgan fingerprint density at radius 2 is 1.85 bits per heavy atom. The van der Waals surface area contributed by atoms with Crippen molar-refractivity contribution in [1.82, 2.24) is 9.88 Å². The first-order valence-electron chi connectivity index (χ1n) is 8.61. The maximum atomic E-state index is 12.5. The van der Waals surface area contributed by atoms with Gasteiger partial charge in [-0.15, -0.1) is 11.3 Å². The fourth-order valence-electron chi connectivity index (χ4n) is 2.52. The number of hydrogen-bond acceptors (Lipinski definition) is 4. The van der Waals surface area contributed by atoms with Crippen LogP contribution in [0.1, 0.15) is 21.8 Å². The SMILES string of the molecule is Cc1ccc(OCc2nc(CC(=O)N(C)Cc3ccc(Br)cc3)cs2)cc1. The molecule has 3 aromatic rings. The van der Waals surface area contributed by atoms with Crippen molar-refractivity contribution in [2.24, 2.45) is 0 Å². The molecule has 1 heterocycles. The van der Waals surface area contributed by atoms with E-state index in [1.807, 2.05) is 67.9 Å². The largest absolute Gasteiger partial charge is 0.486 e. The van der Waals surface area contributed by atoms with Crippen molar-refractivity contribution >= 4 is 33.2 Å². The number of ether oxygens (including phenoxy) is 1. The van der Waals surface area contributed by atoms with Crippen LogP contribution >= 0.6 is 27.3 Å². The summed E-state index contributed by atoms with van der Waals surface area (Å²) in [6.07, 6.45) is 0.300. The molecular weight excluding hydrogens is 424 g/mol. The molecule has 0 spiro atoms. The summed E-state index contributed by atoms with van der Waals surface area (Å²) in [5, 5.41) is 2.80. The van der Waals surface area contributed by atoms with E-state index in [9.17, 15) is 4.79 Å². The van der Waals surface area contributed by atoms with Crippen LogP contribution in [0.5, 0.6) is 5.75 Å². The molecule has 0 aliphatic heterocycles. The van der Waals surface area contributed by atoms with Gasteiger partial charge in [0.2, 0.25) is 5.91 Å². The molecule has 0 N–H and O–H groups in total. The number of rotatable bonds is 7. The average Bonchev–Trinajstić information content (AvgIpc) is 3.10. The molecule has 6 heteroatoms. The zero-order valence-electron chi connectivity index (χ0n) is 15.3. The third-order valence-electron chi connectivity index (χ3n) is 4.07. The van der Waals surface area contributed by atoms with E-state index in [0.29, 0.717) is 19.6 Å². The van der Waals surface area contributed by atoms with Gasteiger partial charge in [0.05, 0.1) is 12.1 Å². The summed E-state index contributed by atoms with van der Waals surface area (Å²) >= 11 is 4.94. The predicted molar refractivity (Wildman–Crippen MR) is 112 cm³/mol. The zero-order valence-corrected chi connectivity index (χ0v) is 17.7. The summed E-state index contributed by atoms with van der Waals surface area (Å²) in [5.74, 6) is 0.872. The van der Waals surface area contributed by atoms with E-state index in [-0.39, 0.29) is 5.91 Å². The van der Waals surface area contributed by atoms with Crippen molar-refractivity contribution in [3.63, 3.8) is 0 Å². The number of thiazole rings is 1. The second kappa shape index (κ2) is 9.15. The fourth-order valence-corrected chi connectivity index (χ4v) is 3.49. The Morgan fingerprint density at radius 3 is 2.56 bits per heavy atom. The van der Waals surface area contributed by atoms with E-state index in [4.69, 9.17) is 4.74 Å². The minimum atomic E-state index is 0.0502. The van der Waals surface area contributed by atoms with Crippen molar-refractivity contribution in [2.45, 2.75) is 26.5 Å². The molecule has 140 valence electrons. The Labute approximate surface area is 171 Å². The topological polar surface area (TPSA) is 42.4 Å². The summed E-state index contributed by atoms with van der Waals surface area (Å²) in [6, 6.07) is 15.9. The van der Waals surface area contributed by atoms with Crippen LogP contribution in [0.3, 0.4) is 0 Å². The summed E-state index contributed by atoms with van der Waals surface area (Å²) in [4.78, 5) is 18.7. The minimum absolute atomic E-state index is 0.0502. The van der Waals surface area contributed by atoms with Gasteiger partial charge in [-0.3, -0.25) is 4.79 Å². The number of benzene rings is 2. The van der Waals surface area contributed by atoms with Crippen LogP contribution in [0.4, 0.5) is 0 Å². The van der Waals surface area contributed by atoms with Crippen LogP contribution in [-0.4, -0.2) is 22.8 Å². The van der Waals surface area contributed by atoms with Crippen LogP contribution < -0.4 is 4.74 Å². The molecule has 0 saturated heterocycles. The normalized spacial score (nSPS) is 10.6. The lowest BCUT2D eigenvalue weighted by Gasteiger charge is -2.16. The van der Waals surface area contributed by atoms with Crippen LogP contribution in [0.15, 0.2) is 58.4 Å². The van der Waals surface area contributed by atoms with Gasteiger partial charge in [-0.05, 0) is 36.8 Å². The fraction of sp³-hybridized carbons (Fsp3) is 0.238. The summed E-state index contributed by atoms with van der Waals surface area (Å²) < 4.78 is 6.78. The minimum Gasteiger partial charge on any atom is -0.486 e. The molecule has 0 radical (unpaired) electrons. The first-order valence-corrected chi connectivity index (χ1v) is 10.3. The van der Waals surface area contributed by atoms with E-state index in [1.54, 1.807) is 4.90 Å². The second-order valence-electron chi connectivity index (χ2n) is 6.39. The first-order chi connectivity index (χ1) is 13.0. The van der Waals surface area contributed by atoms with Crippen LogP contribution in [0.25, 0.3) is 0 Å². The van der Waals surface area contributed by atoms with Gasteiger partial charge in [0.15, 0.2) is 0 Å². The van der Waals surface area contributed by atoms with Crippen molar-refractivity contribution in [3.8, 4) is 5.75 Å². The smallest absolute Gasteiger partial charge is 0.228 e. The Balaban J connectivity index is 1.50. The van der Waals surface area contributed by atoms with Gasteiger partial charge in [0.1, 0.15) is 17.4 Å². The first kappa shape index (κ1) is 19.6. The predicted octanol–water partition coefficient (Wildman–Crippen LogP) is 4.99. The van der Waals surface area contributed by atoms with Gasteiger partial charge in [0, 0.05) is 23.4 Å². The molecule has 0 saturated carbocycles. The third-order valence-corrected chi connectivity index (χ3v) is 5.47. The zero-order chi connectivity index (χ0) is 19.2. The van der Waals surface area contributed by atoms with Gasteiger partial charge in [-0.25, -0.2) is 4.98 Å². The van der Waals surface area contributed by atoms with E-state index in [1.165, 1.54) is 16.9 Å². The Hall–Kier alpha value is -2.18. The summed E-state index contributed by atoms with van der Waals surface area (Å²) in [7, 11) is 1.82. The second-order valence-corrected chi connectivity index (χ2v) is 8.25. The Kier molecular flexibility index (Phi) is 6.63. The average molecular weight is 445 g/mol. The van der Waals surface area contributed by atoms with Gasteiger partial charge in [0.25, 0.3) is 0 Å². The molecular formula is C21H21BrN2O2S. The number of hydrogen-bond donors (Lipinski definition) is 0. The molecule has 0 aliphatic carbocycles. The van der Waals surface area contributed by atoms with Crippen LogP contribution in [0, 0.1) is 6.92 Å². The van der Waals surface area contributed by atoms with Gasteiger partial charge >= 0.3 is 0 Å². The highest BCUT2D eigenvalue weighted by Gasteiger charge is 2.13. The maximum absolute atomic E-state index is 12.5. The molecule has 1 aromatic heterocycles. The summed E-state index contributed by atoms with van der Waals surface area (Å²) in [5.41, 5.74) is 3.08. The molecule has 27 heavy (non-hydrogen) atoms. The third kappa shape index (κ3) is 5.91. The molecule has 0 fully saturated rings. The quantitative estimate of drug-likeness (QED) is 0.515. The molecule has 0 unspecified atom stereocenters. The Bertz CT molecular complexity index is 891. The number of likely N-dealkylation sites (N-methyl/N-ethyl adjacent to an activating group) is 1. The molecule has 3 rings (SSSR count). The molecule has 2 aromatic carbocycles. The van der Waals surface area contributed by atoms with Gasteiger partial charge in [-0.1, -0.05) is 45.8 Å². The molecule has 0 bridgehead atoms. The maximum Gasteiger partial charge on any atom is 0.228 e. The highest BCUT2D eigenvalue weighted by Crippen LogP contribution is 2.17. The molecule has 1 amide bonds. The number of aryl methyl sites for hydroxylation is 1. The van der Waals surface area contributed by atoms with E-state index in [0.717, 1.165) is 26.5 Å². The number of nitrogens with zero attached hydrogens (tertiary/aromatic N) is 2. The van der Waals surface area contributed by atoms with E-state index < -0.39 is 0 Å². The lowest BCUT2D eigenvalue weighted by atomic mass is 10.2. The highest BCUT2D eigenvalue weighted by atomic mass is 79.9. The lowest BCUT2D eigenvalue weighted by molar-refractivity contribution is -0.129. The number of carbonyl (C=O) groups is 1. The molecule has 4 nitrogen and oxygen atoms in total. The number of carbonyl (C=O) groups excluding carboxylic acids is 1. The van der Waals surface area contributed by atoms with Crippen LogP contribution in [-0.2, 0) is 24.4 Å². The number of aromatic nitrogens is 1. The Morgan fingerprint density at radius 1 is 1.15 bits per heavy atom. The van der Waals surface area contributed by atoms with Crippen molar-refractivity contribution in [1.29, 1.82) is 0 Å². The van der Waals surface area contributed by atoms with E-state index >= 15 is 0 Å².